The van der Waals surface area contributed by atoms with E-state index in [9.17, 15) is 9.59 Å². The SMILES string of the molecule is NC(=O)c1ccc(C(=O)N2CCCC2)cn1. The summed E-state index contributed by atoms with van der Waals surface area (Å²) >= 11 is 0. The van der Waals surface area contributed by atoms with Crippen molar-refractivity contribution in [1.29, 1.82) is 0 Å². The molecular weight excluding hydrogens is 206 g/mol. The number of hydrogen-bond acceptors (Lipinski definition) is 3. The number of carbonyl (C=O) groups is 2. The molecule has 5 heteroatoms. The van der Waals surface area contributed by atoms with Crippen LogP contribution < -0.4 is 5.73 Å². The van der Waals surface area contributed by atoms with Gasteiger partial charge in [-0.2, -0.15) is 0 Å². The van der Waals surface area contributed by atoms with Crippen LogP contribution in [-0.2, 0) is 0 Å². The Hall–Kier alpha value is -1.91. The zero-order valence-corrected chi connectivity index (χ0v) is 8.85. The molecule has 0 bridgehead atoms. The Labute approximate surface area is 93.3 Å². The van der Waals surface area contributed by atoms with Gasteiger partial charge in [-0.05, 0) is 25.0 Å². The highest BCUT2D eigenvalue weighted by Gasteiger charge is 2.19. The highest BCUT2D eigenvalue weighted by atomic mass is 16.2. The van der Waals surface area contributed by atoms with Crippen molar-refractivity contribution in [3.8, 4) is 0 Å². The summed E-state index contributed by atoms with van der Waals surface area (Å²) in [5.74, 6) is -0.610. The van der Waals surface area contributed by atoms with Crippen LogP contribution >= 0.6 is 0 Å². The first-order chi connectivity index (χ1) is 7.68. The van der Waals surface area contributed by atoms with Crippen molar-refractivity contribution in [3.05, 3.63) is 29.6 Å². The van der Waals surface area contributed by atoms with E-state index in [0.717, 1.165) is 25.9 Å². The molecule has 0 saturated carbocycles. The molecule has 0 aliphatic carbocycles. The van der Waals surface area contributed by atoms with Gasteiger partial charge in [-0.3, -0.25) is 14.6 Å². The summed E-state index contributed by atoms with van der Waals surface area (Å²) in [4.78, 5) is 28.3. The van der Waals surface area contributed by atoms with E-state index >= 15 is 0 Å². The van der Waals surface area contributed by atoms with E-state index in [-0.39, 0.29) is 11.6 Å². The Balaban J connectivity index is 2.14. The normalized spacial score (nSPS) is 15.1. The number of nitrogens with zero attached hydrogens (tertiary/aromatic N) is 2. The van der Waals surface area contributed by atoms with Gasteiger partial charge < -0.3 is 10.6 Å². The Morgan fingerprint density at radius 2 is 1.94 bits per heavy atom. The summed E-state index contributed by atoms with van der Waals surface area (Å²) in [5.41, 5.74) is 5.75. The lowest BCUT2D eigenvalue weighted by Gasteiger charge is -2.14. The number of rotatable bonds is 2. The minimum atomic E-state index is -0.583. The van der Waals surface area contributed by atoms with Crippen molar-refractivity contribution in [2.24, 2.45) is 5.73 Å². The third-order valence-corrected chi connectivity index (χ3v) is 2.66. The number of carbonyl (C=O) groups excluding carboxylic acids is 2. The smallest absolute Gasteiger partial charge is 0.267 e. The number of likely N-dealkylation sites (tertiary alicyclic amines) is 1. The lowest BCUT2D eigenvalue weighted by atomic mass is 10.2. The van der Waals surface area contributed by atoms with Gasteiger partial charge in [0.15, 0.2) is 0 Å². The molecule has 2 N–H and O–H groups in total. The third kappa shape index (κ3) is 2.03. The first-order valence-electron chi connectivity index (χ1n) is 5.23. The fraction of sp³-hybridized carbons (Fsp3) is 0.364. The van der Waals surface area contributed by atoms with Gasteiger partial charge in [-0.25, -0.2) is 0 Å². The van der Waals surface area contributed by atoms with E-state index in [4.69, 9.17) is 5.73 Å². The second-order valence-electron chi connectivity index (χ2n) is 3.80. The quantitative estimate of drug-likeness (QED) is 0.783. The summed E-state index contributed by atoms with van der Waals surface area (Å²) in [7, 11) is 0. The van der Waals surface area contributed by atoms with Crippen molar-refractivity contribution in [2.45, 2.75) is 12.8 Å². The van der Waals surface area contributed by atoms with Crippen LogP contribution in [0.25, 0.3) is 0 Å². The van der Waals surface area contributed by atoms with Crippen LogP contribution in [-0.4, -0.2) is 34.8 Å². The van der Waals surface area contributed by atoms with Crippen LogP contribution in [0.5, 0.6) is 0 Å². The average molecular weight is 219 g/mol. The molecular formula is C11H13N3O2. The van der Waals surface area contributed by atoms with Crippen LogP contribution in [0.3, 0.4) is 0 Å². The zero-order chi connectivity index (χ0) is 11.5. The molecule has 1 saturated heterocycles. The maximum Gasteiger partial charge on any atom is 0.267 e. The summed E-state index contributed by atoms with van der Waals surface area (Å²) in [6.45, 7) is 1.60. The molecule has 1 fully saturated rings. The molecule has 0 aromatic carbocycles. The van der Waals surface area contributed by atoms with Gasteiger partial charge in [-0.15, -0.1) is 0 Å². The Morgan fingerprint density at radius 1 is 1.25 bits per heavy atom. The zero-order valence-electron chi connectivity index (χ0n) is 8.85. The molecule has 5 nitrogen and oxygen atoms in total. The van der Waals surface area contributed by atoms with Gasteiger partial charge in [0.25, 0.3) is 11.8 Å². The molecule has 0 spiro atoms. The highest BCUT2D eigenvalue weighted by molar-refractivity contribution is 5.95. The van der Waals surface area contributed by atoms with Crippen LogP contribution in [0.2, 0.25) is 0 Å². The van der Waals surface area contributed by atoms with Gasteiger partial charge in [-0.1, -0.05) is 0 Å². The third-order valence-electron chi connectivity index (χ3n) is 2.66. The molecule has 16 heavy (non-hydrogen) atoms. The second-order valence-corrected chi connectivity index (χ2v) is 3.80. The molecule has 1 aliphatic rings. The number of nitrogens with two attached hydrogens (primary N) is 1. The van der Waals surface area contributed by atoms with Crippen LogP contribution in [0.15, 0.2) is 18.3 Å². The molecule has 1 aromatic heterocycles. The van der Waals surface area contributed by atoms with Gasteiger partial charge in [0, 0.05) is 19.3 Å². The van der Waals surface area contributed by atoms with Gasteiger partial charge in [0.2, 0.25) is 0 Å². The fourth-order valence-electron chi connectivity index (χ4n) is 1.77. The van der Waals surface area contributed by atoms with E-state index in [1.807, 2.05) is 0 Å². The van der Waals surface area contributed by atoms with E-state index in [1.54, 1.807) is 11.0 Å². The highest BCUT2D eigenvalue weighted by Crippen LogP contribution is 2.12. The lowest BCUT2D eigenvalue weighted by Crippen LogP contribution is -2.27. The maximum absolute atomic E-state index is 11.9. The molecule has 0 unspecified atom stereocenters. The predicted molar refractivity (Wildman–Crippen MR) is 57.9 cm³/mol. The lowest BCUT2D eigenvalue weighted by molar-refractivity contribution is 0.0791. The number of primary amides is 1. The van der Waals surface area contributed by atoms with Crippen molar-refractivity contribution >= 4 is 11.8 Å². The molecule has 1 aliphatic heterocycles. The Kier molecular flexibility index (Phi) is 2.85. The Bertz CT molecular complexity index is 408. The summed E-state index contributed by atoms with van der Waals surface area (Å²) in [6.07, 6.45) is 3.51. The molecule has 1 aromatic rings. The second kappa shape index (κ2) is 4.30. The molecule has 2 amide bonds. The first kappa shape index (κ1) is 10.6. The molecule has 0 atom stereocenters. The minimum Gasteiger partial charge on any atom is -0.364 e. The average Bonchev–Trinajstić information content (AvgIpc) is 2.81. The van der Waals surface area contributed by atoms with E-state index in [2.05, 4.69) is 4.98 Å². The summed E-state index contributed by atoms with van der Waals surface area (Å²) in [6, 6.07) is 3.07. The standard InChI is InChI=1S/C11H13N3O2/c12-10(15)9-4-3-8(7-13-9)11(16)14-5-1-2-6-14/h3-4,7H,1-2,5-6H2,(H2,12,15). The van der Waals surface area contributed by atoms with E-state index in [0.29, 0.717) is 5.56 Å². The van der Waals surface area contributed by atoms with Gasteiger partial charge in [0.1, 0.15) is 5.69 Å². The molecule has 84 valence electrons. The van der Waals surface area contributed by atoms with Crippen LogP contribution in [0.1, 0.15) is 33.7 Å². The molecule has 2 heterocycles. The number of pyridine rings is 1. The molecule has 0 radical (unpaired) electrons. The monoisotopic (exact) mass is 219 g/mol. The number of hydrogen-bond donors (Lipinski definition) is 1. The van der Waals surface area contributed by atoms with Gasteiger partial charge in [0.05, 0.1) is 5.56 Å². The number of aromatic nitrogens is 1. The van der Waals surface area contributed by atoms with E-state index in [1.165, 1.54) is 12.3 Å². The van der Waals surface area contributed by atoms with Crippen molar-refractivity contribution in [3.63, 3.8) is 0 Å². The topological polar surface area (TPSA) is 76.3 Å². The molecule has 2 rings (SSSR count). The Morgan fingerprint density at radius 3 is 2.44 bits per heavy atom. The summed E-state index contributed by atoms with van der Waals surface area (Å²) in [5, 5.41) is 0. The summed E-state index contributed by atoms with van der Waals surface area (Å²) < 4.78 is 0. The maximum atomic E-state index is 11.9. The minimum absolute atomic E-state index is 0.0268. The van der Waals surface area contributed by atoms with Crippen LogP contribution in [0.4, 0.5) is 0 Å². The van der Waals surface area contributed by atoms with Crippen molar-refractivity contribution in [2.75, 3.05) is 13.1 Å². The van der Waals surface area contributed by atoms with Crippen molar-refractivity contribution in [1.82, 2.24) is 9.88 Å². The largest absolute Gasteiger partial charge is 0.364 e. The van der Waals surface area contributed by atoms with Crippen molar-refractivity contribution < 1.29 is 9.59 Å². The fourth-order valence-corrected chi connectivity index (χ4v) is 1.77. The van der Waals surface area contributed by atoms with Crippen LogP contribution in [0, 0.1) is 0 Å². The predicted octanol–water partition coefficient (Wildman–Crippen LogP) is 0.416. The number of amides is 2. The van der Waals surface area contributed by atoms with E-state index < -0.39 is 5.91 Å². The first-order valence-corrected chi connectivity index (χ1v) is 5.23. The van der Waals surface area contributed by atoms with Gasteiger partial charge >= 0.3 is 0 Å².